The van der Waals surface area contributed by atoms with E-state index in [4.69, 9.17) is 14.5 Å². The average molecular weight is 492 g/mol. The van der Waals surface area contributed by atoms with Crippen LogP contribution in [0.15, 0.2) is 77.6 Å². The van der Waals surface area contributed by atoms with Gasteiger partial charge in [0.05, 0.1) is 36.2 Å². The summed E-state index contributed by atoms with van der Waals surface area (Å²) in [7, 11) is 3.05. The normalized spacial score (nSPS) is 11.5. The molecule has 6 aromatic rings. The number of nitrogens with one attached hydrogen (secondary N) is 1. The Morgan fingerprint density at radius 2 is 1.70 bits per heavy atom. The quantitative estimate of drug-likeness (QED) is 0.252. The van der Waals surface area contributed by atoms with Crippen molar-refractivity contribution in [3.63, 3.8) is 0 Å². The first-order valence-corrected chi connectivity index (χ1v) is 12.2. The molecule has 1 N–H and O–H groups in total. The van der Waals surface area contributed by atoms with Gasteiger partial charge in [0, 0.05) is 22.7 Å². The third-order valence-corrected chi connectivity index (χ3v) is 6.87. The van der Waals surface area contributed by atoms with E-state index in [2.05, 4.69) is 17.4 Å². The molecule has 1 amide bonds. The molecule has 7 heteroatoms. The van der Waals surface area contributed by atoms with E-state index in [1.165, 1.54) is 19.8 Å². The predicted molar refractivity (Wildman–Crippen MR) is 145 cm³/mol. The van der Waals surface area contributed by atoms with Crippen molar-refractivity contribution in [1.82, 2.24) is 14.7 Å². The number of ether oxygens (including phenoxy) is 2. The summed E-state index contributed by atoms with van der Waals surface area (Å²) in [6, 6.07) is 23.2. The van der Waals surface area contributed by atoms with Crippen molar-refractivity contribution in [2.24, 2.45) is 0 Å². The minimum atomic E-state index is -0.248. The Balaban J connectivity index is 1.51. The second-order valence-corrected chi connectivity index (χ2v) is 8.98. The van der Waals surface area contributed by atoms with Crippen LogP contribution in [0.25, 0.3) is 38.1 Å². The van der Waals surface area contributed by atoms with E-state index in [1.807, 2.05) is 42.5 Å². The molecule has 3 aromatic heterocycles. The Bertz CT molecular complexity index is 1840. The van der Waals surface area contributed by atoms with Crippen LogP contribution in [0.5, 0.6) is 11.5 Å². The van der Waals surface area contributed by atoms with Crippen LogP contribution in [-0.2, 0) is 6.42 Å². The molecule has 3 heterocycles. The van der Waals surface area contributed by atoms with E-state index < -0.39 is 0 Å². The highest BCUT2D eigenvalue weighted by atomic mass is 16.5. The Hall–Kier alpha value is -4.65. The summed E-state index contributed by atoms with van der Waals surface area (Å²) in [4.78, 5) is 31.9. The molecule has 0 spiro atoms. The van der Waals surface area contributed by atoms with Crippen molar-refractivity contribution < 1.29 is 14.3 Å². The lowest BCUT2D eigenvalue weighted by atomic mass is 10.1. The largest absolute Gasteiger partial charge is 0.493 e. The Morgan fingerprint density at radius 1 is 0.919 bits per heavy atom. The first kappa shape index (κ1) is 22.8. The van der Waals surface area contributed by atoms with Crippen LogP contribution in [0.2, 0.25) is 0 Å². The zero-order valence-electron chi connectivity index (χ0n) is 20.6. The van der Waals surface area contributed by atoms with Crippen molar-refractivity contribution in [2.75, 3.05) is 20.8 Å². The number of fused-ring (bicyclic) bond motifs is 5. The van der Waals surface area contributed by atoms with Gasteiger partial charge in [-0.05, 0) is 42.7 Å². The molecule has 0 saturated heterocycles. The number of methoxy groups -OCH3 is 2. The van der Waals surface area contributed by atoms with Gasteiger partial charge in [-0.25, -0.2) is 4.98 Å². The zero-order valence-corrected chi connectivity index (χ0v) is 20.6. The average Bonchev–Trinajstić information content (AvgIpc) is 3.28. The minimum absolute atomic E-state index is 0.218. The Labute approximate surface area is 212 Å². The first-order chi connectivity index (χ1) is 18.1. The minimum Gasteiger partial charge on any atom is -0.493 e. The van der Waals surface area contributed by atoms with Gasteiger partial charge >= 0.3 is 0 Å². The monoisotopic (exact) mass is 491 g/mol. The lowest BCUT2D eigenvalue weighted by Crippen LogP contribution is -2.26. The van der Waals surface area contributed by atoms with Crippen LogP contribution >= 0.6 is 0 Å². The summed E-state index contributed by atoms with van der Waals surface area (Å²) in [5.41, 5.74) is 3.33. The molecule has 0 atom stereocenters. The molecular formula is C30H25N3O4. The SMILES string of the molecule is COc1ccc2c(c1OC)c(=O)n1c3ccccc3c3cc(C(=O)NCCCc4ccccc4)nc2c31. The fraction of sp³-hybridized carbons (Fsp3) is 0.167. The molecule has 6 rings (SSSR count). The van der Waals surface area contributed by atoms with Crippen LogP contribution in [0.1, 0.15) is 22.5 Å². The number of pyridine rings is 2. The summed E-state index contributed by atoms with van der Waals surface area (Å²) in [6.07, 6.45) is 1.70. The number of aryl methyl sites for hydroxylation is 1. The third-order valence-electron chi connectivity index (χ3n) is 6.87. The summed E-state index contributed by atoms with van der Waals surface area (Å²) in [6.45, 7) is 0.532. The number of amides is 1. The Kier molecular flexibility index (Phi) is 5.60. The summed E-state index contributed by atoms with van der Waals surface area (Å²) < 4.78 is 12.7. The van der Waals surface area contributed by atoms with Crippen LogP contribution < -0.4 is 20.3 Å². The number of aromatic nitrogens is 2. The summed E-state index contributed by atoms with van der Waals surface area (Å²) in [5.74, 6) is 0.555. The van der Waals surface area contributed by atoms with Gasteiger partial charge in [-0.3, -0.25) is 14.0 Å². The maximum atomic E-state index is 13.8. The maximum absolute atomic E-state index is 13.8. The molecule has 0 aliphatic carbocycles. The highest BCUT2D eigenvalue weighted by molar-refractivity contribution is 6.21. The van der Waals surface area contributed by atoms with Crippen molar-refractivity contribution in [1.29, 1.82) is 0 Å². The van der Waals surface area contributed by atoms with Crippen molar-refractivity contribution in [3.05, 3.63) is 94.4 Å². The second kappa shape index (κ2) is 9.09. The number of carbonyl (C=O) groups excluding carboxylic acids is 1. The second-order valence-electron chi connectivity index (χ2n) is 8.98. The molecule has 0 saturated carbocycles. The molecular weight excluding hydrogens is 466 g/mol. The van der Waals surface area contributed by atoms with Crippen LogP contribution in [0, 0.1) is 0 Å². The Morgan fingerprint density at radius 3 is 2.49 bits per heavy atom. The van der Waals surface area contributed by atoms with Crippen LogP contribution in [0.4, 0.5) is 0 Å². The van der Waals surface area contributed by atoms with Crippen LogP contribution in [0.3, 0.4) is 0 Å². The van der Waals surface area contributed by atoms with Gasteiger partial charge < -0.3 is 14.8 Å². The first-order valence-electron chi connectivity index (χ1n) is 12.2. The number of hydrogen-bond donors (Lipinski definition) is 1. The smallest absolute Gasteiger partial charge is 0.269 e. The number of nitrogens with zero attached hydrogens (tertiary/aromatic N) is 2. The standard InChI is InChI=1S/C30H25N3O4/c1-36-24-15-14-20-25(28(24)37-2)30(35)33-23-13-7-6-12-19(23)21-17-22(32-26(20)27(21)33)29(34)31-16-8-11-18-9-4-3-5-10-18/h3-7,9-10,12-15,17H,8,11,16H2,1-2H3,(H,31,34). The predicted octanol–water partition coefficient (Wildman–Crippen LogP) is 4.97. The lowest BCUT2D eigenvalue weighted by Gasteiger charge is -2.13. The van der Waals surface area contributed by atoms with Crippen LogP contribution in [-0.4, -0.2) is 36.1 Å². The molecule has 37 heavy (non-hydrogen) atoms. The topological polar surface area (TPSA) is 81.9 Å². The van der Waals surface area contributed by atoms with E-state index in [0.29, 0.717) is 45.5 Å². The van der Waals surface area contributed by atoms with Gasteiger partial charge in [-0.15, -0.1) is 0 Å². The van der Waals surface area contributed by atoms with E-state index in [1.54, 1.807) is 22.6 Å². The molecule has 184 valence electrons. The van der Waals surface area contributed by atoms with E-state index >= 15 is 0 Å². The molecule has 0 bridgehead atoms. The number of carbonyl (C=O) groups is 1. The van der Waals surface area contributed by atoms with Gasteiger partial charge in [0.15, 0.2) is 11.5 Å². The summed E-state index contributed by atoms with van der Waals surface area (Å²) >= 11 is 0. The zero-order chi connectivity index (χ0) is 25.5. The number of para-hydroxylation sites is 1. The van der Waals surface area contributed by atoms with E-state index in [-0.39, 0.29) is 11.5 Å². The van der Waals surface area contributed by atoms with Gasteiger partial charge in [-0.1, -0.05) is 48.5 Å². The summed E-state index contributed by atoms with van der Waals surface area (Å²) in [5, 5.41) is 5.68. The molecule has 3 aromatic carbocycles. The fourth-order valence-electron chi connectivity index (χ4n) is 5.18. The molecule has 0 radical (unpaired) electrons. The van der Waals surface area contributed by atoms with Crippen molar-refractivity contribution in [3.8, 4) is 11.5 Å². The molecule has 7 nitrogen and oxygen atoms in total. The molecule has 0 aliphatic rings. The molecule has 0 aliphatic heterocycles. The lowest BCUT2D eigenvalue weighted by molar-refractivity contribution is 0.0948. The van der Waals surface area contributed by atoms with Crippen molar-refractivity contribution >= 4 is 44.0 Å². The number of hydrogen-bond acceptors (Lipinski definition) is 5. The molecule has 0 fully saturated rings. The fourth-order valence-corrected chi connectivity index (χ4v) is 5.18. The van der Waals surface area contributed by atoms with Crippen molar-refractivity contribution in [2.45, 2.75) is 12.8 Å². The van der Waals surface area contributed by atoms with E-state index in [0.717, 1.165) is 29.1 Å². The third kappa shape index (κ3) is 3.62. The van der Waals surface area contributed by atoms with Gasteiger partial charge in [-0.2, -0.15) is 0 Å². The van der Waals surface area contributed by atoms with Gasteiger partial charge in [0.25, 0.3) is 11.5 Å². The number of benzene rings is 3. The maximum Gasteiger partial charge on any atom is 0.269 e. The van der Waals surface area contributed by atoms with E-state index in [9.17, 15) is 9.59 Å². The van der Waals surface area contributed by atoms with Gasteiger partial charge in [0.1, 0.15) is 5.69 Å². The highest BCUT2D eigenvalue weighted by Gasteiger charge is 2.24. The molecule has 0 unspecified atom stereocenters. The number of rotatable bonds is 7. The van der Waals surface area contributed by atoms with Gasteiger partial charge in [0.2, 0.25) is 0 Å². The highest BCUT2D eigenvalue weighted by Crippen LogP contribution is 2.39.